The maximum absolute atomic E-state index is 12.3. The predicted molar refractivity (Wildman–Crippen MR) is 90.6 cm³/mol. The number of alkyl halides is 1. The predicted octanol–water partition coefficient (Wildman–Crippen LogP) is 2.70. The summed E-state index contributed by atoms with van der Waals surface area (Å²) in [5.41, 5.74) is 7.06. The van der Waals surface area contributed by atoms with Gasteiger partial charge in [-0.2, -0.15) is 0 Å². The van der Waals surface area contributed by atoms with Crippen molar-refractivity contribution >= 4 is 0 Å². The van der Waals surface area contributed by atoms with Gasteiger partial charge >= 0.3 is 0 Å². The minimum Gasteiger partial charge on any atom is -0.672 e. The van der Waals surface area contributed by atoms with Gasteiger partial charge in [-0.15, -0.1) is 6.04 Å². The molecule has 0 spiro atoms. The van der Waals surface area contributed by atoms with E-state index in [1.54, 1.807) is 0 Å². The van der Waals surface area contributed by atoms with E-state index in [0.29, 0.717) is 13.0 Å². The molecule has 3 N–H and O–H groups in total. The molecule has 2 rings (SSSR count). The fourth-order valence-corrected chi connectivity index (χ4v) is 2.74. The third-order valence-electron chi connectivity index (χ3n) is 3.98. The molecule has 2 aliphatic heterocycles. The van der Waals surface area contributed by atoms with Gasteiger partial charge in [0.2, 0.25) is 0 Å². The van der Waals surface area contributed by atoms with E-state index in [9.17, 15) is 4.39 Å². The van der Waals surface area contributed by atoms with Crippen molar-refractivity contribution in [1.82, 2.24) is 15.5 Å². The molecule has 2 saturated heterocycles. The fourth-order valence-electron chi connectivity index (χ4n) is 2.74. The van der Waals surface area contributed by atoms with E-state index in [1.807, 2.05) is 13.8 Å². The van der Waals surface area contributed by atoms with Gasteiger partial charge in [0, 0.05) is 51.8 Å². The molecule has 4 nitrogen and oxygen atoms in total. The Hall–Kier alpha value is 0.874. The standard InChI is InChI=1S/C9H20N2.C5H10FN2.C2H6.Y/c1-4-10-9-5-6-11(3)7-8(9)2;6-4-3-8-2-1-5(4)7;1-2;/h8-10H,4-7H2,1-3H3;4-5,7-8H,1-3H2;1-2H3;/q;-1;;. The first-order valence-electron chi connectivity index (χ1n) is 8.52. The zero-order valence-electron chi connectivity index (χ0n) is 15.2. The zero-order chi connectivity index (χ0) is 16.3. The van der Waals surface area contributed by atoms with Crippen LogP contribution in [0.15, 0.2) is 0 Å². The van der Waals surface area contributed by atoms with Gasteiger partial charge in [0.05, 0.1) is 6.17 Å². The molecule has 0 saturated carbocycles. The molecule has 4 unspecified atom stereocenters. The number of halogens is 1. The van der Waals surface area contributed by atoms with E-state index in [-0.39, 0.29) is 32.7 Å². The van der Waals surface area contributed by atoms with Crippen LogP contribution in [0.3, 0.4) is 0 Å². The van der Waals surface area contributed by atoms with Crippen LogP contribution in [0.2, 0.25) is 0 Å². The number of nitrogens with zero attached hydrogens (tertiary/aromatic N) is 1. The maximum Gasteiger partial charge on any atom is 0.0965 e. The van der Waals surface area contributed by atoms with E-state index in [1.165, 1.54) is 19.5 Å². The molecule has 0 aromatic carbocycles. The molecule has 0 aromatic rings. The number of likely N-dealkylation sites (tertiary alicyclic amines) is 1. The average molecular weight is 392 g/mol. The largest absolute Gasteiger partial charge is 0.672 e. The van der Waals surface area contributed by atoms with Crippen molar-refractivity contribution in [3.8, 4) is 0 Å². The van der Waals surface area contributed by atoms with Crippen molar-refractivity contribution in [1.29, 1.82) is 0 Å². The minimum absolute atomic E-state index is 0. The monoisotopic (exact) mass is 392 g/mol. The SMILES string of the molecule is CC.CCNC1CCN(C)CC1C.[NH-]C1CCNCC1F.[Y]. The van der Waals surface area contributed by atoms with Crippen molar-refractivity contribution in [3.05, 3.63) is 5.73 Å². The molecule has 2 aliphatic rings. The third-order valence-corrected chi connectivity index (χ3v) is 3.98. The normalized spacial score (nSPS) is 31.8. The summed E-state index contributed by atoms with van der Waals surface area (Å²) in [5.74, 6) is 0.814. The van der Waals surface area contributed by atoms with Gasteiger partial charge in [0.1, 0.15) is 0 Å². The summed E-state index contributed by atoms with van der Waals surface area (Å²) >= 11 is 0. The zero-order valence-corrected chi connectivity index (χ0v) is 18.0. The van der Waals surface area contributed by atoms with E-state index in [0.717, 1.165) is 25.0 Å². The smallest absolute Gasteiger partial charge is 0.0965 e. The van der Waals surface area contributed by atoms with Crippen molar-refractivity contribution in [3.63, 3.8) is 0 Å². The summed E-state index contributed by atoms with van der Waals surface area (Å²) in [4.78, 5) is 2.42. The molecule has 6 heteroatoms. The summed E-state index contributed by atoms with van der Waals surface area (Å²) in [6, 6.07) is 0.285. The van der Waals surface area contributed by atoms with Crippen LogP contribution >= 0.6 is 0 Å². The van der Waals surface area contributed by atoms with Crippen LogP contribution in [-0.2, 0) is 32.7 Å². The summed E-state index contributed by atoms with van der Waals surface area (Å²) in [7, 11) is 2.21. The van der Waals surface area contributed by atoms with Gasteiger partial charge in [-0.3, -0.25) is 0 Å². The van der Waals surface area contributed by atoms with E-state index >= 15 is 0 Å². The van der Waals surface area contributed by atoms with E-state index in [4.69, 9.17) is 5.73 Å². The van der Waals surface area contributed by atoms with Gasteiger partial charge in [0.25, 0.3) is 0 Å². The Morgan fingerprint density at radius 2 is 1.95 bits per heavy atom. The van der Waals surface area contributed by atoms with Gasteiger partial charge in [0.15, 0.2) is 0 Å². The van der Waals surface area contributed by atoms with Crippen molar-refractivity contribution in [2.45, 2.75) is 58.8 Å². The molecule has 0 aliphatic carbocycles. The number of piperidine rings is 2. The maximum atomic E-state index is 12.3. The third kappa shape index (κ3) is 10.6. The molecule has 0 aromatic heterocycles. The first kappa shape index (κ1) is 25.1. The fraction of sp³-hybridized carbons (Fsp3) is 1.00. The molecular formula is C16H36FN4Y-. The minimum atomic E-state index is -0.941. The Kier molecular flexibility index (Phi) is 17.6. The van der Waals surface area contributed by atoms with Crippen molar-refractivity contribution in [2.24, 2.45) is 5.92 Å². The second-order valence-corrected chi connectivity index (χ2v) is 5.81. The van der Waals surface area contributed by atoms with Crippen LogP contribution in [0, 0.1) is 5.92 Å². The van der Waals surface area contributed by atoms with Crippen LogP contribution in [0.1, 0.15) is 40.5 Å². The molecule has 22 heavy (non-hydrogen) atoms. The second kappa shape index (κ2) is 15.4. The average Bonchev–Trinajstić information content (AvgIpc) is 2.48. The summed E-state index contributed by atoms with van der Waals surface area (Å²) in [6.45, 7) is 13.3. The van der Waals surface area contributed by atoms with E-state index < -0.39 is 12.2 Å². The summed E-state index contributed by atoms with van der Waals surface area (Å²) in [6.07, 6.45) is 1.02. The summed E-state index contributed by atoms with van der Waals surface area (Å²) < 4.78 is 12.3. The first-order valence-corrected chi connectivity index (χ1v) is 8.52. The molecule has 0 amide bonds. The summed E-state index contributed by atoms with van der Waals surface area (Å²) in [5, 5.41) is 6.40. The Balaban J connectivity index is 0. The van der Waals surface area contributed by atoms with Gasteiger partial charge < -0.3 is 21.3 Å². The second-order valence-electron chi connectivity index (χ2n) is 5.81. The van der Waals surface area contributed by atoms with E-state index in [2.05, 4.69) is 36.4 Å². The van der Waals surface area contributed by atoms with Gasteiger partial charge in [-0.1, -0.05) is 34.1 Å². The topological polar surface area (TPSA) is 51.1 Å². The Bertz CT molecular complexity index is 236. The van der Waals surface area contributed by atoms with Gasteiger partial charge in [-0.25, -0.2) is 4.39 Å². The molecule has 4 atom stereocenters. The van der Waals surface area contributed by atoms with Crippen molar-refractivity contribution in [2.75, 3.05) is 39.8 Å². The van der Waals surface area contributed by atoms with Gasteiger partial charge in [-0.05, 0) is 39.0 Å². The first-order chi connectivity index (χ1) is 10.0. The molecule has 2 fully saturated rings. The molecule has 1 radical (unpaired) electrons. The quantitative estimate of drug-likeness (QED) is 0.760. The van der Waals surface area contributed by atoms with Crippen LogP contribution in [0.5, 0.6) is 0 Å². The number of hydrogen-bond donors (Lipinski definition) is 2. The Labute approximate surface area is 162 Å². The molecule has 131 valence electrons. The van der Waals surface area contributed by atoms with Crippen molar-refractivity contribution < 1.29 is 37.1 Å². The van der Waals surface area contributed by atoms with Crippen LogP contribution < -0.4 is 10.6 Å². The number of nitrogens with one attached hydrogen (secondary N) is 3. The van der Waals surface area contributed by atoms with Crippen LogP contribution in [0.4, 0.5) is 4.39 Å². The Morgan fingerprint density at radius 3 is 2.36 bits per heavy atom. The van der Waals surface area contributed by atoms with Crippen LogP contribution in [-0.4, -0.2) is 62.9 Å². The van der Waals surface area contributed by atoms with Crippen LogP contribution in [0.25, 0.3) is 5.73 Å². The number of hydrogen-bond acceptors (Lipinski definition) is 3. The molecule has 2 heterocycles. The number of rotatable bonds is 2. The molecule has 0 bridgehead atoms. The molecular weight excluding hydrogens is 356 g/mol. The Morgan fingerprint density at radius 1 is 1.32 bits per heavy atom.